The van der Waals surface area contributed by atoms with Crippen LogP contribution in [0.15, 0.2) is 61.5 Å². The van der Waals surface area contributed by atoms with E-state index in [1.165, 1.54) is 32.0 Å². The van der Waals surface area contributed by atoms with Gasteiger partial charge in [0.1, 0.15) is 10.6 Å². The van der Waals surface area contributed by atoms with Crippen molar-refractivity contribution in [3.63, 3.8) is 0 Å². The Morgan fingerprint density at radius 3 is 2.31 bits per heavy atom. The Hall–Kier alpha value is -2.75. The van der Waals surface area contributed by atoms with E-state index < -0.39 is 42.0 Å². The van der Waals surface area contributed by atoms with Crippen LogP contribution in [0.1, 0.15) is 12.5 Å². The summed E-state index contributed by atoms with van der Waals surface area (Å²) in [6, 6.07) is 5.99. The third-order valence-corrected chi connectivity index (χ3v) is 6.39. The van der Waals surface area contributed by atoms with Gasteiger partial charge in [0.25, 0.3) is 26.1 Å². The number of hydrogen-bond donors (Lipinski definition) is 3. The molecule has 2 aromatic carbocycles. The molecule has 15 heteroatoms. The molecular weight excluding hydrogens is 486 g/mol. The normalized spacial score (nSPS) is 16.9. The number of anilines is 1. The highest BCUT2D eigenvalue weighted by molar-refractivity contribution is 7.86. The van der Waals surface area contributed by atoms with Crippen molar-refractivity contribution in [2.45, 2.75) is 29.7 Å². The molecule has 0 aliphatic carbocycles. The minimum Gasteiger partial charge on any atom is -0.344 e. The van der Waals surface area contributed by atoms with E-state index in [-0.39, 0.29) is 28.3 Å². The van der Waals surface area contributed by atoms with Gasteiger partial charge < -0.3 is 6.15 Å². The van der Waals surface area contributed by atoms with Crippen molar-refractivity contribution in [3.8, 4) is 0 Å². The van der Waals surface area contributed by atoms with Crippen LogP contribution in [0.4, 0.5) is 11.4 Å². The monoisotopic (exact) mass is 503 g/mol. The standard InChI is InChI=1S/C17H15ClN4O7S2.H3N/c1-9-6-15(31(27,28)29)14(8-13(9)18)19-20-16-10(2)21-22(17(16)23)11-4-3-5-12(7-11)30(24,25)26;/h3-8,16H,1-2H3,(H,24,25,26)(H,27,28,29);1H3. The first-order valence-electron chi connectivity index (χ1n) is 8.44. The Labute approximate surface area is 188 Å². The van der Waals surface area contributed by atoms with Gasteiger partial charge in [-0.1, -0.05) is 17.7 Å². The number of amides is 1. The van der Waals surface area contributed by atoms with Crippen LogP contribution in [0.3, 0.4) is 0 Å². The van der Waals surface area contributed by atoms with Crippen molar-refractivity contribution in [3.05, 3.63) is 47.0 Å². The summed E-state index contributed by atoms with van der Waals surface area (Å²) < 4.78 is 64.6. The maximum Gasteiger partial charge on any atom is 0.296 e. The fourth-order valence-electron chi connectivity index (χ4n) is 2.70. The number of hydrazone groups is 1. The number of halogens is 1. The summed E-state index contributed by atoms with van der Waals surface area (Å²) in [4.78, 5) is 11.8. The van der Waals surface area contributed by atoms with Crippen LogP contribution in [-0.4, -0.2) is 43.6 Å². The smallest absolute Gasteiger partial charge is 0.296 e. The van der Waals surface area contributed by atoms with Crippen LogP contribution in [0.5, 0.6) is 0 Å². The van der Waals surface area contributed by atoms with Gasteiger partial charge in [-0.05, 0) is 49.7 Å². The Morgan fingerprint density at radius 1 is 1.06 bits per heavy atom. The van der Waals surface area contributed by atoms with Gasteiger partial charge in [-0.25, -0.2) is 0 Å². The minimum absolute atomic E-state index is 0. The van der Waals surface area contributed by atoms with Gasteiger partial charge in [0, 0.05) is 5.02 Å². The highest BCUT2D eigenvalue weighted by Gasteiger charge is 2.35. The molecule has 2 aromatic rings. The third-order valence-electron chi connectivity index (χ3n) is 4.26. The van der Waals surface area contributed by atoms with E-state index in [2.05, 4.69) is 15.3 Å². The zero-order valence-electron chi connectivity index (χ0n) is 16.7. The number of azo groups is 1. The summed E-state index contributed by atoms with van der Waals surface area (Å²) >= 11 is 6.00. The Balaban J connectivity index is 0.00000363. The van der Waals surface area contributed by atoms with E-state index in [0.29, 0.717) is 5.56 Å². The molecule has 0 saturated heterocycles. The molecule has 0 fully saturated rings. The molecule has 1 heterocycles. The Morgan fingerprint density at radius 2 is 1.72 bits per heavy atom. The second kappa shape index (κ2) is 9.01. The molecule has 0 bridgehead atoms. The van der Waals surface area contributed by atoms with Gasteiger partial charge in [0.05, 0.1) is 16.3 Å². The molecule has 1 aliphatic heterocycles. The molecule has 1 atom stereocenters. The zero-order chi connectivity index (χ0) is 23.1. The largest absolute Gasteiger partial charge is 0.344 e. The van der Waals surface area contributed by atoms with Gasteiger partial charge in [0.15, 0.2) is 6.04 Å². The van der Waals surface area contributed by atoms with Crippen LogP contribution in [0, 0.1) is 6.92 Å². The van der Waals surface area contributed by atoms with Crippen molar-refractivity contribution < 1.29 is 30.7 Å². The van der Waals surface area contributed by atoms with Crippen molar-refractivity contribution in [2.24, 2.45) is 15.3 Å². The highest BCUT2D eigenvalue weighted by atomic mass is 35.5. The van der Waals surface area contributed by atoms with E-state index in [0.717, 1.165) is 23.2 Å². The third kappa shape index (κ3) is 5.17. The van der Waals surface area contributed by atoms with Crippen molar-refractivity contribution in [1.29, 1.82) is 0 Å². The van der Waals surface area contributed by atoms with Crippen molar-refractivity contribution in [1.82, 2.24) is 6.15 Å². The first-order chi connectivity index (χ1) is 14.3. The average molecular weight is 504 g/mol. The van der Waals surface area contributed by atoms with Crippen LogP contribution in [0.25, 0.3) is 0 Å². The molecule has 5 N–H and O–H groups in total. The van der Waals surface area contributed by atoms with Gasteiger partial charge >= 0.3 is 0 Å². The molecule has 1 aliphatic rings. The number of hydrogen-bond acceptors (Lipinski definition) is 9. The fourth-order valence-corrected chi connectivity index (χ4v) is 4.07. The number of benzene rings is 2. The summed E-state index contributed by atoms with van der Waals surface area (Å²) in [6.07, 6.45) is 0. The number of rotatable bonds is 5. The number of carbonyl (C=O) groups excluding carboxylic acids is 1. The average Bonchev–Trinajstić information content (AvgIpc) is 2.95. The van der Waals surface area contributed by atoms with Crippen molar-refractivity contribution >= 4 is 54.8 Å². The van der Waals surface area contributed by atoms with Gasteiger partial charge in [-0.3, -0.25) is 13.9 Å². The molecule has 1 amide bonds. The molecule has 12 nitrogen and oxygen atoms in total. The van der Waals surface area contributed by atoms with E-state index in [4.69, 9.17) is 11.6 Å². The quantitative estimate of drug-likeness (QED) is 0.407. The van der Waals surface area contributed by atoms with Gasteiger partial charge in [-0.15, -0.1) is 0 Å². The molecule has 0 aromatic heterocycles. The second-order valence-corrected chi connectivity index (χ2v) is 9.74. The molecule has 3 rings (SSSR count). The molecular formula is C17H18ClN5O7S2. The molecule has 1 unspecified atom stereocenters. The van der Waals surface area contributed by atoms with E-state index in [9.17, 15) is 30.7 Å². The van der Waals surface area contributed by atoms with Crippen LogP contribution < -0.4 is 11.2 Å². The fraction of sp³-hybridized carbons (Fsp3) is 0.176. The maximum atomic E-state index is 12.8. The summed E-state index contributed by atoms with van der Waals surface area (Å²) in [5, 5.41) is 12.7. The minimum atomic E-state index is -4.64. The van der Waals surface area contributed by atoms with Crippen LogP contribution in [-0.2, 0) is 25.0 Å². The summed E-state index contributed by atoms with van der Waals surface area (Å²) in [5.74, 6) is -0.694. The second-order valence-electron chi connectivity index (χ2n) is 6.53. The lowest BCUT2D eigenvalue weighted by molar-refractivity contribution is -0.117. The van der Waals surface area contributed by atoms with E-state index in [1.54, 1.807) is 0 Å². The lowest BCUT2D eigenvalue weighted by atomic mass is 10.2. The molecule has 172 valence electrons. The van der Waals surface area contributed by atoms with Crippen LogP contribution >= 0.6 is 11.6 Å². The predicted molar refractivity (Wildman–Crippen MR) is 116 cm³/mol. The Bertz CT molecular complexity index is 1360. The lowest BCUT2D eigenvalue weighted by Crippen LogP contribution is -2.29. The number of carbonyl (C=O) groups is 1. The highest BCUT2D eigenvalue weighted by Crippen LogP contribution is 2.32. The van der Waals surface area contributed by atoms with Crippen LogP contribution in [0.2, 0.25) is 5.02 Å². The molecule has 32 heavy (non-hydrogen) atoms. The molecule has 0 radical (unpaired) electrons. The van der Waals surface area contributed by atoms with Gasteiger partial charge in [0.2, 0.25) is 0 Å². The summed E-state index contributed by atoms with van der Waals surface area (Å²) in [6.45, 7) is 3.01. The predicted octanol–water partition coefficient (Wildman–Crippen LogP) is 3.18. The molecule has 0 spiro atoms. The SMILES string of the molecule is CC1=NN(c2cccc(S(=O)(=O)O)c2)C(=O)C1N=Nc1cc(Cl)c(C)cc1S(=O)(=O)O.N. The molecule has 0 saturated carbocycles. The first-order valence-corrected chi connectivity index (χ1v) is 11.7. The van der Waals surface area contributed by atoms with E-state index in [1.807, 2.05) is 0 Å². The number of aryl methyl sites for hydroxylation is 1. The maximum absolute atomic E-state index is 12.8. The topological polar surface area (TPSA) is 201 Å². The zero-order valence-corrected chi connectivity index (χ0v) is 19.1. The van der Waals surface area contributed by atoms with E-state index >= 15 is 0 Å². The summed E-state index contributed by atoms with van der Waals surface area (Å²) in [7, 11) is -9.13. The summed E-state index contributed by atoms with van der Waals surface area (Å²) in [5.41, 5.74) is 0.366. The van der Waals surface area contributed by atoms with Gasteiger partial charge in [-0.2, -0.15) is 37.2 Å². The number of nitrogens with zero attached hydrogens (tertiary/aromatic N) is 4. The van der Waals surface area contributed by atoms with Crippen molar-refractivity contribution in [2.75, 3.05) is 5.01 Å². The lowest BCUT2D eigenvalue weighted by Gasteiger charge is -2.13. The Kier molecular flexibility index (Phi) is 7.18. The first kappa shape index (κ1) is 25.5.